The Bertz CT molecular complexity index is 819. The van der Waals surface area contributed by atoms with Crippen molar-refractivity contribution in [3.63, 3.8) is 0 Å². The van der Waals surface area contributed by atoms with E-state index in [1.807, 2.05) is 6.07 Å². The highest BCUT2D eigenvalue weighted by Crippen LogP contribution is 2.32. The van der Waals surface area contributed by atoms with E-state index in [2.05, 4.69) is 6.92 Å². The Morgan fingerprint density at radius 2 is 1.52 bits per heavy atom. The minimum absolute atomic E-state index is 0.199. The molecule has 1 unspecified atom stereocenters. The van der Waals surface area contributed by atoms with Gasteiger partial charge < -0.3 is 9.47 Å². The zero-order valence-corrected chi connectivity index (χ0v) is 19.3. The molecule has 0 bridgehead atoms. The monoisotopic (exact) mass is 444 g/mol. The summed E-state index contributed by atoms with van der Waals surface area (Å²) in [6.07, 6.45) is 9.26. The number of carbonyl (C=O) groups excluding carboxylic acids is 2. The second-order valence-corrected chi connectivity index (χ2v) is 8.07. The number of benzene rings is 2. The van der Waals surface area contributed by atoms with Gasteiger partial charge in [0.25, 0.3) is 0 Å². The third kappa shape index (κ3) is 7.70. The first kappa shape index (κ1) is 24.9. The van der Waals surface area contributed by atoms with Crippen LogP contribution < -0.4 is 4.74 Å². The van der Waals surface area contributed by atoms with Crippen LogP contribution in [-0.4, -0.2) is 25.5 Å². The highest BCUT2D eigenvalue weighted by Gasteiger charge is 2.33. The van der Waals surface area contributed by atoms with Crippen LogP contribution in [0.1, 0.15) is 80.1 Å². The first-order valence-electron chi connectivity index (χ1n) is 11.2. The van der Waals surface area contributed by atoms with Crippen molar-refractivity contribution < 1.29 is 19.1 Å². The molecule has 0 aliphatic carbocycles. The first-order valence-corrected chi connectivity index (χ1v) is 11.6. The fourth-order valence-electron chi connectivity index (χ4n) is 3.59. The van der Waals surface area contributed by atoms with Gasteiger partial charge in [0.1, 0.15) is 11.7 Å². The number of ketones is 1. The van der Waals surface area contributed by atoms with Crippen LogP contribution in [0, 0.1) is 0 Å². The van der Waals surface area contributed by atoms with Crippen LogP contribution in [0.25, 0.3) is 0 Å². The molecule has 0 aliphatic heterocycles. The third-order valence-electron chi connectivity index (χ3n) is 5.31. The Hall–Kier alpha value is -2.33. The predicted octanol–water partition coefficient (Wildman–Crippen LogP) is 7.00. The molecule has 168 valence electrons. The van der Waals surface area contributed by atoms with Gasteiger partial charge in [-0.1, -0.05) is 99.9 Å². The highest BCUT2D eigenvalue weighted by molar-refractivity contribution is 6.35. The predicted molar refractivity (Wildman–Crippen MR) is 125 cm³/mol. The van der Waals surface area contributed by atoms with Gasteiger partial charge in [0.05, 0.1) is 24.3 Å². The number of methoxy groups -OCH3 is 1. The van der Waals surface area contributed by atoms with E-state index in [9.17, 15) is 9.59 Å². The van der Waals surface area contributed by atoms with Crippen LogP contribution in [-0.2, 0) is 9.53 Å². The van der Waals surface area contributed by atoms with E-state index < -0.39 is 17.7 Å². The van der Waals surface area contributed by atoms with E-state index in [0.29, 0.717) is 17.9 Å². The number of Topliss-reactive ketones (excluding diaryl/α,β-unsaturated/α-hetero) is 1. The standard InChI is InChI=1S/C26H33ClO4/c1-3-4-5-6-7-8-9-13-19-31-26(29)23(20-15-11-10-12-16-20)25(28)24-21(27)17-14-18-22(24)30-2/h10-12,14-18,23H,3-9,13,19H2,1-2H3. The molecule has 0 aromatic heterocycles. The first-order chi connectivity index (χ1) is 15.1. The number of hydrogen-bond donors (Lipinski definition) is 0. The Kier molecular flexibility index (Phi) is 11.2. The molecule has 0 spiro atoms. The lowest BCUT2D eigenvalue weighted by Gasteiger charge is -2.18. The summed E-state index contributed by atoms with van der Waals surface area (Å²) in [4.78, 5) is 26.3. The summed E-state index contributed by atoms with van der Waals surface area (Å²) in [7, 11) is 1.47. The molecule has 0 N–H and O–H groups in total. The van der Waals surface area contributed by atoms with Gasteiger partial charge in [0.15, 0.2) is 5.78 Å². The summed E-state index contributed by atoms with van der Waals surface area (Å²) < 4.78 is 10.8. The molecule has 0 saturated carbocycles. The molecule has 0 amide bonds. The zero-order chi connectivity index (χ0) is 22.5. The maximum atomic E-state index is 13.4. The minimum Gasteiger partial charge on any atom is -0.496 e. The number of carbonyl (C=O) groups is 2. The van der Waals surface area contributed by atoms with Gasteiger partial charge >= 0.3 is 5.97 Å². The SMILES string of the molecule is CCCCCCCCCCOC(=O)C(C(=O)c1c(Cl)cccc1OC)c1ccccc1. The van der Waals surface area contributed by atoms with Gasteiger partial charge in [0.2, 0.25) is 0 Å². The molecule has 31 heavy (non-hydrogen) atoms. The molecule has 2 rings (SSSR count). The molecule has 2 aromatic carbocycles. The van der Waals surface area contributed by atoms with Crippen molar-refractivity contribution in [3.8, 4) is 5.75 Å². The van der Waals surface area contributed by atoms with E-state index in [4.69, 9.17) is 21.1 Å². The summed E-state index contributed by atoms with van der Waals surface area (Å²) in [6.45, 7) is 2.52. The van der Waals surface area contributed by atoms with Crippen molar-refractivity contribution in [3.05, 3.63) is 64.7 Å². The molecule has 0 heterocycles. The van der Waals surface area contributed by atoms with Crippen LogP contribution >= 0.6 is 11.6 Å². The van der Waals surface area contributed by atoms with E-state index in [-0.39, 0.29) is 10.6 Å². The Balaban J connectivity index is 2.02. The Morgan fingerprint density at radius 1 is 0.871 bits per heavy atom. The molecule has 0 aliphatic rings. The van der Waals surface area contributed by atoms with Gasteiger partial charge in [-0.15, -0.1) is 0 Å². The number of esters is 1. The lowest BCUT2D eigenvalue weighted by Crippen LogP contribution is -2.25. The molecule has 4 nitrogen and oxygen atoms in total. The summed E-state index contributed by atoms with van der Waals surface area (Å²) in [5.74, 6) is -1.71. The van der Waals surface area contributed by atoms with E-state index in [0.717, 1.165) is 19.3 Å². The van der Waals surface area contributed by atoms with Crippen molar-refractivity contribution in [1.82, 2.24) is 0 Å². The van der Waals surface area contributed by atoms with Gasteiger partial charge in [-0.05, 0) is 24.1 Å². The molecule has 5 heteroatoms. The smallest absolute Gasteiger partial charge is 0.321 e. The van der Waals surface area contributed by atoms with Gasteiger partial charge in [-0.25, -0.2) is 0 Å². The molecule has 0 radical (unpaired) electrons. The third-order valence-corrected chi connectivity index (χ3v) is 5.63. The molecule has 0 saturated heterocycles. The maximum Gasteiger partial charge on any atom is 0.321 e. The lowest BCUT2D eigenvalue weighted by atomic mass is 9.90. The normalized spacial score (nSPS) is 11.7. The maximum absolute atomic E-state index is 13.4. The fraction of sp³-hybridized carbons (Fsp3) is 0.462. The summed E-state index contributed by atoms with van der Waals surface area (Å²) in [5.41, 5.74) is 0.778. The number of unbranched alkanes of at least 4 members (excludes halogenated alkanes) is 7. The highest BCUT2D eigenvalue weighted by atomic mass is 35.5. The van der Waals surface area contributed by atoms with Crippen molar-refractivity contribution >= 4 is 23.4 Å². The van der Waals surface area contributed by atoms with E-state index >= 15 is 0 Å². The van der Waals surface area contributed by atoms with Crippen molar-refractivity contribution in [1.29, 1.82) is 0 Å². The quantitative estimate of drug-likeness (QED) is 0.136. The second kappa shape index (κ2) is 13.9. The van der Waals surface area contributed by atoms with Crippen LogP contribution in [0.5, 0.6) is 5.75 Å². The van der Waals surface area contributed by atoms with Crippen LogP contribution in [0.15, 0.2) is 48.5 Å². The molecular formula is C26H33ClO4. The van der Waals surface area contributed by atoms with Gasteiger partial charge in [-0.2, -0.15) is 0 Å². The fourth-order valence-corrected chi connectivity index (χ4v) is 3.85. The molecule has 0 fully saturated rings. The number of ether oxygens (including phenoxy) is 2. The Labute approximate surface area is 190 Å². The van der Waals surface area contributed by atoms with Crippen molar-refractivity contribution in [2.45, 2.75) is 64.2 Å². The lowest BCUT2D eigenvalue weighted by molar-refractivity contribution is -0.144. The largest absolute Gasteiger partial charge is 0.496 e. The number of hydrogen-bond acceptors (Lipinski definition) is 4. The topological polar surface area (TPSA) is 52.6 Å². The van der Waals surface area contributed by atoms with E-state index in [1.165, 1.54) is 39.2 Å². The van der Waals surface area contributed by atoms with E-state index in [1.54, 1.807) is 42.5 Å². The van der Waals surface area contributed by atoms with Crippen LogP contribution in [0.2, 0.25) is 5.02 Å². The molecular weight excluding hydrogens is 412 g/mol. The van der Waals surface area contributed by atoms with Crippen LogP contribution in [0.3, 0.4) is 0 Å². The minimum atomic E-state index is -1.08. The molecule has 1 atom stereocenters. The second-order valence-electron chi connectivity index (χ2n) is 7.67. The average molecular weight is 445 g/mol. The van der Waals surface area contributed by atoms with Crippen LogP contribution in [0.4, 0.5) is 0 Å². The number of halogens is 1. The Morgan fingerprint density at radius 3 is 2.16 bits per heavy atom. The van der Waals surface area contributed by atoms with Gasteiger partial charge in [-0.3, -0.25) is 9.59 Å². The summed E-state index contributed by atoms with van der Waals surface area (Å²) in [5, 5.41) is 0.251. The van der Waals surface area contributed by atoms with Gasteiger partial charge in [0, 0.05) is 0 Å². The average Bonchev–Trinajstić information content (AvgIpc) is 2.78. The number of rotatable bonds is 14. The summed E-state index contributed by atoms with van der Waals surface area (Å²) >= 11 is 6.29. The summed E-state index contributed by atoms with van der Waals surface area (Å²) in [6, 6.07) is 13.9. The van der Waals surface area contributed by atoms with Crippen molar-refractivity contribution in [2.24, 2.45) is 0 Å². The van der Waals surface area contributed by atoms with Crippen molar-refractivity contribution in [2.75, 3.05) is 13.7 Å². The zero-order valence-electron chi connectivity index (χ0n) is 18.6. The molecule has 2 aromatic rings.